The molecule has 5 nitrogen and oxygen atoms in total. The number of para-hydroxylation sites is 3. The minimum Gasteiger partial charge on any atom is -0.433 e. The van der Waals surface area contributed by atoms with E-state index >= 15 is 0 Å². The molecule has 0 radical (unpaired) electrons. The Bertz CT molecular complexity index is 832. The average Bonchev–Trinajstić information content (AvgIpc) is 2.98. The van der Waals surface area contributed by atoms with Gasteiger partial charge >= 0.3 is 6.61 Å². The molecule has 1 fully saturated rings. The highest BCUT2D eigenvalue weighted by atomic mass is 35.5. The predicted octanol–water partition coefficient (Wildman–Crippen LogP) is 3.93. The summed E-state index contributed by atoms with van der Waals surface area (Å²) in [5.74, 6) is -1.44. The quantitative estimate of drug-likeness (QED) is 0.855. The third-order valence-electron chi connectivity index (χ3n) is 4.00. The molecule has 1 atom stereocenters. The maximum Gasteiger partial charge on any atom is 0.387 e. The van der Waals surface area contributed by atoms with Gasteiger partial charge in [0, 0.05) is 13.0 Å². The van der Waals surface area contributed by atoms with Crippen molar-refractivity contribution in [2.24, 2.45) is 5.92 Å². The number of halogens is 3. The molecule has 136 valence electrons. The summed E-state index contributed by atoms with van der Waals surface area (Å²) in [4.78, 5) is 26.2. The number of nitrogens with zero attached hydrogens (tertiary/aromatic N) is 1. The number of carbonyl (C=O) groups is 2. The Kier molecular flexibility index (Phi) is 5.37. The van der Waals surface area contributed by atoms with Crippen LogP contribution in [-0.4, -0.2) is 25.0 Å². The molecule has 0 bridgehead atoms. The molecule has 0 aromatic heterocycles. The molecule has 1 aliphatic rings. The van der Waals surface area contributed by atoms with E-state index in [1.54, 1.807) is 30.3 Å². The lowest BCUT2D eigenvalue weighted by Gasteiger charge is -2.18. The van der Waals surface area contributed by atoms with Crippen molar-refractivity contribution >= 4 is 34.8 Å². The van der Waals surface area contributed by atoms with Crippen molar-refractivity contribution in [1.82, 2.24) is 0 Å². The summed E-state index contributed by atoms with van der Waals surface area (Å²) in [6, 6.07) is 12.8. The Morgan fingerprint density at radius 1 is 1.19 bits per heavy atom. The Morgan fingerprint density at radius 2 is 1.88 bits per heavy atom. The molecule has 26 heavy (non-hydrogen) atoms. The van der Waals surface area contributed by atoms with Crippen molar-refractivity contribution in [3.63, 3.8) is 0 Å². The number of anilines is 2. The van der Waals surface area contributed by atoms with E-state index in [0.29, 0.717) is 10.7 Å². The Hall–Kier alpha value is -2.67. The maximum atomic E-state index is 12.5. The smallest absolute Gasteiger partial charge is 0.387 e. The van der Waals surface area contributed by atoms with Crippen molar-refractivity contribution in [2.45, 2.75) is 13.0 Å². The molecule has 1 saturated heterocycles. The monoisotopic (exact) mass is 380 g/mol. The molecule has 0 saturated carbocycles. The SMILES string of the molecule is O=C(Nc1ccccc1OC(F)F)C1CC(=O)N(c2ccccc2Cl)C1. The number of hydrogen-bond donors (Lipinski definition) is 1. The number of hydrogen-bond acceptors (Lipinski definition) is 3. The minimum absolute atomic E-state index is 0.00886. The van der Waals surface area contributed by atoms with Gasteiger partial charge in [0.25, 0.3) is 0 Å². The van der Waals surface area contributed by atoms with Crippen molar-refractivity contribution in [3.8, 4) is 5.75 Å². The van der Waals surface area contributed by atoms with Crippen molar-refractivity contribution in [3.05, 3.63) is 53.6 Å². The van der Waals surface area contributed by atoms with Crippen molar-refractivity contribution < 1.29 is 23.1 Å². The van der Waals surface area contributed by atoms with Crippen molar-refractivity contribution in [1.29, 1.82) is 0 Å². The highest BCUT2D eigenvalue weighted by molar-refractivity contribution is 6.33. The predicted molar refractivity (Wildman–Crippen MR) is 93.6 cm³/mol. The van der Waals surface area contributed by atoms with Gasteiger partial charge in [0.05, 0.1) is 22.3 Å². The number of alkyl halides is 2. The molecule has 1 heterocycles. The summed E-state index contributed by atoms with van der Waals surface area (Å²) in [5.41, 5.74) is 0.664. The second-order valence-corrected chi connectivity index (χ2v) is 6.13. The summed E-state index contributed by atoms with van der Waals surface area (Å²) in [6.07, 6.45) is 0.00886. The standard InChI is InChI=1S/C18H15ClF2N2O3/c19-12-5-1-3-7-14(12)23-10-11(9-16(23)24)17(25)22-13-6-2-4-8-15(13)26-18(20)21/h1-8,11,18H,9-10H2,(H,22,25). The number of carbonyl (C=O) groups excluding carboxylic acids is 2. The van der Waals surface area contributed by atoms with Gasteiger partial charge in [0.2, 0.25) is 11.8 Å². The molecule has 2 aromatic rings. The fourth-order valence-corrected chi connectivity index (χ4v) is 3.03. The highest BCUT2D eigenvalue weighted by Crippen LogP contribution is 2.32. The third-order valence-corrected chi connectivity index (χ3v) is 4.32. The number of rotatable bonds is 5. The van der Waals surface area contributed by atoms with E-state index in [-0.39, 0.29) is 30.3 Å². The molecule has 1 aliphatic heterocycles. The summed E-state index contributed by atoms with van der Waals surface area (Å²) < 4.78 is 29.3. The first kappa shape index (κ1) is 18.1. The van der Waals surface area contributed by atoms with E-state index in [0.717, 1.165) is 0 Å². The first-order valence-corrected chi connectivity index (χ1v) is 8.23. The number of ether oxygens (including phenoxy) is 1. The van der Waals surface area contributed by atoms with E-state index < -0.39 is 18.4 Å². The molecule has 2 aromatic carbocycles. The van der Waals surface area contributed by atoms with Gasteiger partial charge in [-0.1, -0.05) is 35.9 Å². The minimum atomic E-state index is -3.00. The number of nitrogens with one attached hydrogen (secondary N) is 1. The van der Waals surface area contributed by atoms with Crippen LogP contribution in [0.1, 0.15) is 6.42 Å². The third kappa shape index (κ3) is 3.94. The lowest BCUT2D eigenvalue weighted by atomic mass is 10.1. The lowest BCUT2D eigenvalue weighted by Crippen LogP contribution is -2.28. The van der Waals surface area contributed by atoms with Crippen LogP contribution < -0.4 is 15.0 Å². The van der Waals surface area contributed by atoms with Crippen LogP contribution in [0.5, 0.6) is 5.75 Å². The molecular formula is C18H15ClF2N2O3. The van der Waals surface area contributed by atoms with Gasteiger partial charge in [0.1, 0.15) is 5.75 Å². The Labute approximate surface area is 153 Å². The summed E-state index contributed by atoms with van der Waals surface area (Å²) in [7, 11) is 0. The first-order valence-electron chi connectivity index (χ1n) is 7.85. The lowest BCUT2D eigenvalue weighted by molar-refractivity contribution is -0.122. The summed E-state index contributed by atoms with van der Waals surface area (Å²) in [6.45, 7) is -2.84. The van der Waals surface area contributed by atoms with E-state index in [1.165, 1.54) is 23.1 Å². The van der Waals surface area contributed by atoms with E-state index in [2.05, 4.69) is 10.1 Å². The number of benzene rings is 2. The van der Waals surface area contributed by atoms with Crippen LogP contribution in [0.15, 0.2) is 48.5 Å². The van der Waals surface area contributed by atoms with Crippen LogP contribution >= 0.6 is 11.6 Å². The van der Waals surface area contributed by atoms with Crippen LogP contribution in [0.25, 0.3) is 0 Å². The molecular weight excluding hydrogens is 366 g/mol. The molecule has 0 aliphatic carbocycles. The van der Waals surface area contributed by atoms with Crippen LogP contribution in [0, 0.1) is 5.92 Å². The molecule has 3 rings (SSSR count). The zero-order valence-electron chi connectivity index (χ0n) is 13.5. The fraction of sp³-hybridized carbons (Fsp3) is 0.222. The van der Waals surface area contributed by atoms with Crippen LogP contribution in [0.4, 0.5) is 20.2 Å². The first-order chi connectivity index (χ1) is 12.5. The second-order valence-electron chi connectivity index (χ2n) is 5.72. The molecule has 0 spiro atoms. The maximum absolute atomic E-state index is 12.5. The molecule has 1 N–H and O–H groups in total. The van der Waals surface area contributed by atoms with Gasteiger partial charge < -0.3 is 15.0 Å². The van der Waals surface area contributed by atoms with E-state index in [1.807, 2.05) is 0 Å². The van der Waals surface area contributed by atoms with Gasteiger partial charge in [0.15, 0.2) is 0 Å². The molecule has 2 amide bonds. The van der Waals surface area contributed by atoms with Gasteiger partial charge in [-0.25, -0.2) is 0 Å². The number of amides is 2. The topological polar surface area (TPSA) is 58.6 Å². The van der Waals surface area contributed by atoms with Gasteiger partial charge in [-0.15, -0.1) is 0 Å². The molecule has 8 heteroatoms. The zero-order chi connectivity index (χ0) is 18.7. The van der Waals surface area contributed by atoms with E-state index in [4.69, 9.17) is 11.6 Å². The van der Waals surface area contributed by atoms with Gasteiger partial charge in [-0.2, -0.15) is 8.78 Å². The highest BCUT2D eigenvalue weighted by Gasteiger charge is 2.36. The average molecular weight is 381 g/mol. The van der Waals surface area contributed by atoms with Gasteiger partial charge in [-0.3, -0.25) is 9.59 Å². The zero-order valence-corrected chi connectivity index (χ0v) is 14.2. The largest absolute Gasteiger partial charge is 0.433 e. The summed E-state index contributed by atoms with van der Waals surface area (Å²) >= 11 is 6.11. The second kappa shape index (κ2) is 7.70. The van der Waals surface area contributed by atoms with Crippen molar-refractivity contribution in [2.75, 3.05) is 16.8 Å². The summed E-state index contributed by atoms with van der Waals surface area (Å²) in [5, 5.41) is 2.97. The normalized spacial score (nSPS) is 16.8. The van der Waals surface area contributed by atoms with Crippen LogP contribution in [-0.2, 0) is 9.59 Å². The van der Waals surface area contributed by atoms with E-state index in [9.17, 15) is 18.4 Å². The van der Waals surface area contributed by atoms with Gasteiger partial charge in [-0.05, 0) is 24.3 Å². The van der Waals surface area contributed by atoms with Crippen LogP contribution in [0.3, 0.4) is 0 Å². The Balaban J connectivity index is 1.72. The Morgan fingerprint density at radius 3 is 2.62 bits per heavy atom. The molecule has 1 unspecified atom stereocenters. The van der Waals surface area contributed by atoms with Crippen LogP contribution in [0.2, 0.25) is 5.02 Å². The fourth-order valence-electron chi connectivity index (χ4n) is 2.79.